The van der Waals surface area contributed by atoms with Gasteiger partial charge in [0.25, 0.3) is 0 Å². The molecule has 0 aromatic rings. The van der Waals surface area contributed by atoms with Gasteiger partial charge in [-0.1, -0.05) is 0 Å². The van der Waals surface area contributed by atoms with Crippen molar-refractivity contribution in [1.82, 2.24) is 0 Å². The summed E-state index contributed by atoms with van der Waals surface area (Å²) in [6, 6.07) is 0. The molecule has 4 atom stereocenters. The predicted molar refractivity (Wildman–Crippen MR) is 51.6 cm³/mol. The number of ether oxygens (including phenoxy) is 4. The van der Waals surface area contributed by atoms with Gasteiger partial charge in [0, 0.05) is 7.11 Å². The summed E-state index contributed by atoms with van der Waals surface area (Å²) in [4.78, 5) is 11.4. The van der Waals surface area contributed by atoms with Crippen molar-refractivity contribution in [2.24, 2.45) is 0 Å². The molecule has 0 bridgehead atoms. The Hall–Kier alpha value is -0.530. The summed E-state index contributed by atoms with van der Waals surface area (Å²) in [7, 11) is 1.47. The van der Waals surface area contributed by atoms with Gasteiger partial charge in [0.05, 0.1) is 0 Å². The number of aliphatic hydroxyl groups is 1. The average Bonchev–Trinajstić information content (AvgIpc) is 2.68. The van der Waals surface area contributed by atoms with Gasteiger partial charge in [0.15, 0.2) is 24.0 Å². The Morgan fingerprint density at radius 3 is 2.69 bits per heavy atom. The first-order chi connectivity index (χ1) is 7.48. The first-order valence-electron chi connectivity index (χ1n) is 5.16. The summed E-state index contributed by atoms with van der Waals surface area (Å²) in [5, 5.41) is 8.81. The van der Waals surface area contributed by atoms with Crippen LogP contribution in [0.5, 0.6) is 0 Å². The Morgan fingerprint density at radius 2 is 2.12 bits per heavy atom. The van der Waals surface area contributed by atoms with Gasteiger partial charge < -0.3 is 24.1 Å². The van der Waals surface area contributed by atoms with E-state index >= 15 is 0 Å². The second-order valence-corrected chi connectivity index (χ2v) is 4.35. The fraction of sp³-hybridized carbons (Fsp3) is 0.900. The van der Waals surface area contributed by atoms with E-state index in [4.69, 9.17) is 24.1 Å². The molecule has 0 amide bonds. The lowest BCUT2D eigenvalue weighted by molar-refractivity contribution is -0.216. The van der Waals surface area contributed by atoms with Crippen LogP contribution in [0.1, 0.15) is 13.8 Å². The molecule has 0 aliphatic carbocycles. The van der Waals surface area contributed by atoms with E-state index in [2.05, 4.69) is 0 Å². The zero-order chi connectivity index (χ0) is 11.9. The number of ketones is 1. The minimum atomic E-state index is -0.818. The van der Waals surface area contributed by atoms with Crippen LogP contribution in [0.3, 0.4) is 0 Å². The van der Waals surface area contributed by atoms with Crippen molar-refractivity contribution in [2.75, 3.05) is 13.7 Å². The summed E-state index contributed by atoms with van der Waals surface area (Å²) >= 11 is 0. The largest absolute Gasteiger partial charge is 0.388 e. The van der Waals surface area contributed by atoms with Gasteiger partial charge in [-0.25, -0.2) is 0 Å². The minimum Gasteiger partial charge on any atom is -0.388 e. The zero-order valence-corrected chi connectivity index (χ0v) is 9.50. The van der Waals surface area contributed by atoms with E-state index in [1.54, 1.807) is 13.8 Å². The summed E-state index contributed by atoms with van der Waals surface area (Å²) in [6.45, 7) is 2.96. The molecule has 0 unspecified atom stereocenters. The monoisotopic (exact) mass is 232 g/mol. The van der Waals surface area contributed by atoms with E-state index in [1.807, 2.05) is 0 Å². The van der Waals surface area contributed by atoms with E-state index in [-0.39, 0.29) is 0 Å². The summed E-state index contributed by atoms with van der Waals surface area (Å²) in [6.07, 6.45) is -2.39. The quantitative estimate of drug-likeness (QED) is 0.703. The number of carbonyl (C=O) groups is 1. The number of rotatable bonds is 3. The zero-order valence-electron chi connectivity index (χ0n) is 9.50. The van der Waals surface area contributed by atoms with E-state index in [1.165, 1.54) is 7.11 Å². The normalized spacial score (nSPS) is 41.0. The molecular weight excluding hydrogens is 216 g/mol. The van der Waals surface area contributed by atoms with E-state index in [9.17, 15) is 4.79 Å². The molecule has 92 valence electrons. The molecule has 0 spiro atoms. The highest BCUT2D eigenvalue weighted by Crippen LogP contribution is 2.38. The highest BCUT2D eigenvalue weighted by Gasteiger charge is 2.56. The molecule has 2 saturated heterocycles. The first kappa shape index (κ1) is 11.9. The third-order valence-corrected chi connectivity index (χ3v) is 2.74. The Bertz CT molecular complexity index is 289. The fourth-order valence-electron chi connectivity index (χ4n) is 2.09. The maximum atomic E-state index is 11.4. The van der Waals surface area contributed by atoms with Crippen LogP contribution >= 0.6 is 0 Å². The van der Waals surface area contributed by atoms with Crippen LogP contribution < -0.4 is 0 Å². The molecule has 2 fully saturated rings. The van der Waals surface area contributed by atoms with Crippen LogP contribution in [-0.4, -0.2) is 55.0 Å². The van der Waals surface area contributed by atoms with Crippen molar-refractivity contribution >= 4 is 5.78 Å². The standard InChI is InChI=1S/C10H16O6/c1-10(2)15-8-7(13-3)6(5(12)4-11)14-9(8)16-10/h6-9,11H,4H2,1-3H3/t6-,7+,8-,9-/m1/s1. The van der Waals surface area contributed by atoms with Crippen LogP contribution in [0, 0.1) is 0 Å². The lowest BCUT2D eigenvalue weighted by Crippen LogP contribution is -2.41. The predicted octanol–water partition coefficient (Wildman–Crippen LogP) is -0.561. The minimum absolute atomic E-state index is 0.425. The lowest BCUT2D eigenvalue weighted by atomic mass is 10.1. The van der Waals surface area contributed by atoms with Crippen molar-refractivity contribution in [3.05, 3.63) is 0 Å². The summed E-state index contributed by atoms with van der Waals surface area (Å²) in [5.41, 5.74) is 0. The van der Waals surface area contributed by atoms with Crippen molar-refractivity contribution in [3.8, 4) is 0 Å². The second-order valence-electron chi connectivity index (χ2n) is 4.35. The molecule has 2 aliphatic heterocycles. The third-order valence-electron chi connectivity index (χ3n) is 2.74. The average molecular weight is 232 g/mol. The Kier molecular flexibility index (Phi) is 3.02. The number of aliphatic hydroxyl groups excluding tert-OH is 1. The van der Waals surface area contributed by atoms with E-state index in [0.29, 0.717) is 0 Å². The molecule has 2 rings (SSSR count). The van der Waals surface area contributed by atoms with Gasteiger partial charge in [-0.3, -0.25) is 4.79 Å². The second kappa shape index (κ2) is 4.05. The highest BCUT2D eigenvalue weighted by molar-refractivity contribution is 5.85. The summed E-state index contributed by atoms with van der Waals surface area (Å²) in [5.74, 6) is -1.16. The van der Waals surface area contributed by atoms with Gasteiger partial charge in [-0.2, -0.15) is 0 Å². The third kappa shape index (κ3) is 1.87. The number of fused-ring (bicyclic) bond motifs is 1. The maximum absolute atomic E-state index is 11.4. The van der Waals surface area contributed by atoms with Gasteiger partial charge in [-0.05, 0) is 13.8 Å². The first-order valence-corrected chi connectivity index (χ1v) is 5.16. The SMILES string of the molecule is CO[C@@H]1[C@H]2OC(C)(C)O[C@H]2O[C@@H]1C(=O)CO. The molecule has 0 aromatic heterocycles. The van der Waals surface area contributed by atoms with Crippen molar-refractivity contribution in [3.63, 3.8) is 0 Å². The summed E-state index contributed by atoms with van der Waals surface area (Å²) < 4.78 is 21.7. The highest BCUT2D eigenvalue weighted by atomic mass is 16.8. The number of hydrogen-bond acceptors (Lipinski definition) is 6. The number of carbonyl (C=O) groups excluding carboxylic acids is 1. The molecule has 2 heterocycles. The topological polar surface area (TPSA) is 74.2 Å². The van der Waals surface area contributed by atoms with Gasteiger partial charge >= 0.3 is 0 Å². The Morgan fingerprint density at radius 1 is 1.44 bits per heavy atom. The fourth-order valence-corrected chi connectivity index (χ4v) is 2.09. The van der Waals surface area contributed by atoms with Crippen molar-refractivity contribution in [2.45, 2.75) is 44.2 Å². The molecule has 6 heteroatoms. The molecule has 6 nitrogen and oxygen atoms in total. The number of Topliss-reactive ketones (excluding diaryl/α,β-unsaturated/α-hetero) is 1. The lowest BCUT2D eigenvalue weighted by Gasteiger charge is -2.23. The molecule has 0 saturated carbocycles. The molecule has 1 N–H and O–H groups in total. The Balaban J connectivity index is 2.12. The van der Waals surface area contributed by atoms with Gasteiger partial charge in [0.2, 0.25) is 0 Å². The van der Waals surface area contributed by atoms with Crippen LogP contribution in [0.4, 0.5) is 0 Å². The molecule has 2 aliphatic rings. The Labute approximate surface area is 93.4 Å². The molecule has 0 aromatic carbocycles. The maximum Gasteiger partial charge on any atom is 0.190 e. The smallest absolute Gasteiger partial charge is 0.190 e. The van der Waals surface area contributed by atoms with E-state index < -0.39 is 42.8 Å². The van der Waals surface area contributed by atoms with Crippen LogP contribution in [0.15, 0.2) is 0 Å². The van der Waals surface area contributed by atoms with Gasteiger partial charge in [-0.15, -0.1) is 0 Å². The van der Waals surface area contributed by atoms with Crippen molar-refractivity contribution in [1.29, 1.82) is 0 Å². The van der Waals surface area contributed by atoms with Crippen LogP contribution in [-0.2, 0) is 23.7 Å². The molecule has 16 heavy (non-hydrogen) atoms. The van der Waals surface area contributed by atoms with Crippen LogP contribution in [0.2, 0.25) is 0 Å². The molecule has 0 radical (unpaired) electrons. The van der Waals surface area contributed by atoms with Crippen molar-refractivity contribution < 1.29 is 28.8 Å². The number of hydrogen-bond donors (Lipinski definition) is 1. The van der Waals surface area contributed by atoms with Crippen LogP contribution in [0.25, 0.3) is 0 Å². The molecular formula is C10H16O6. The number of methoxy groups -OCH3 is 1. The van der Waals surface area contributed by atoms with Gasteiger partial charge in [0.1, 0.15) is 18.8 Å². The van der Waals surface area contributed by atoms with E-state index in [0.717, 1.165) is 0 Å².